The first-order chi connectivity index (χ1) is 11.7. The predicted octanol–water partition coefficient (Wildman–Crippen LogP) is 3.92. The number of nitrogens with zero attached hydrogens (tertiary/aromatic N) is 1. The molecule has 24 heavy (non-hydrogen) atoms. The van der Waals surface area contributed by atoms with Crippen molar-refractivity contribution in [3.05, 3.63) is 48.0 Å². The topological polar surface area (TPSA) is 64.4 Å². The van der Waals surface area contributed by atoms with Crippen molar-refractivity contribution < 1.29 is 13.9 Å². The highest BCUT2D eigenvalue weighted by molar-refractivity contribution is 5.94. The van der Waals surface area contributed by atoms with E-state index in [0.29, 0.717) is 18.2 Å². The van der Waals surface area contributed by atoms with Crippen molar-refractivity contribution in [2.75, 3.05) is 11.9 Å². The number of fused-ring (bicyclic) bond motifs is 1. The fraction of sp³-hybridized carbons (Fsp3) is 0.263. The van der Waals surface area contributed by atoms with Gasteiger partial charge in [0.25, 0.3) is 5.91 Å². The highest BCUT2D eigenvalue weighted by atomic mass is 16.5. The summed E-state index contributed by atoms with van der Waals surface area (Å²) >= 11 is 0. The molecule has 0 radical (unpaired) electrons. The monoisotopic (exact) mass is 322 g/mol. The van der Waals surface area contributed by atoms with E-state index in [9.17, 15) is 4.79 Å². The van der Waals surface area contributed by atoms with Crippen molar-refractivity contribution in [3.8, 4) is 11.5 Å². The van der Waals surface area contributed by atoms with E-state index in [4.69, 9.17) is 9.15 Å². The lowest BCUT2D eigenvalue weighted by Crippen LogP contribution is -2.26. The van der Waals surface area contributed by atoms with Gasteiger partial charge in [-0.1, -0.05) is 12.1 Å². The number of rotatable bonds is 3. The quantitative estimate of drug-likeness (QED) is 0.794. The molecule has 1 aromatic heterocycles. The molecule has 2 heterocycles. The number of oxazole rings is 1. The van der Waals surface area contributed by atoms with Crippen LogP contribution in [0.1, 0.15) is 18.4 Å². The molecule has 3 aromatic rings. The number of anilines is 1. The van der Waals surface area contributed by atoms with Crippen LogP contribution in [0.5, 0.6) is 0 Å². The summed E-state index contributed by atoms with van der Waals surface area (Å²) in [6.45, 7) is 2.67. The molecule has 5 heteroatoms. The van der Waals surface area contributed by atoms with Gasteiger partial charge < -0.3 is 14.5 Å². The molecular weight excluding hydrogens is 304 g/mol. The number of benzene rings is 2. The van der Waals surface area contributed by atoms with Gasteiger partial charge in [0.1, 0.15) is 11.6 Å². The number of carbonyl (C=O) groups is 1. The Kier molecular flexibility index (Phi) is 3.78. The molecule has 122 valence electrons. The largest absolute Gasteiger partial charge is 0.436 e. The van der Waals surface area contributed by atoms with Gasteiger partial charge in [0.05, 0.1) is 0 Å². The first-order valence-corrected chi connectivity index (χ1v) is 8.09. The minimum absolute atomic E-state index is 0.0992. The smallest absolute Gasteiger partial charge is 0.253 e. The molecule has 1 aliphatic heterocycles. The number of amides is 1. The normalized spacial score (nSPS) is 17.3. The maximum Gasteiger partial charge on any atom is 0.253 e. The van der Waals surface area contributed by atoms with Crippen molar-refractivity contribution in [2.45, 2.75) is 25.9 Å². The van der Waals surface area contributed by atoms with Gasteiger partial charge in [-0.05, 0) is 55.7 Å². The van der Waals surface area contributed by atoms with E-state index in [0.717, 1.165) is 35.1 Å². The number of ether oxygens (including phenoxy) is 1. The van der Waals surface area contributed by atoms with E-state index in [2.05, 4.69) is 10.3 Å². The van der Waals surface area contributed by atoms with Crippen molar-refractivity contribution in [1.29, 1.82) is 0 Å². The Labute approximate surface area is 139 Å². The third-order valence-electron chi connectivity index (χ3n) is 4.14. The van der Waals surface area contributed by atoms with Gasteiger partial charge in [-0.2, -0.15) is 0 Å². The van der Waals surface area contributed by atoms with Crippen LogP contribution in [0.3, 0.4) is 0 Å². The molecule has 5 nitrogen and oxygen atoms in total. The van der Waals surface area contributed by atoms with Crippen LogP contribution in [0.25, 0.3) is 22.6 Å². The van der Waals surface area contributed by atoms with Gasteiger partial charge in [-0.15, -0.1) is 0 Å². The summed E-state index contributed by atoms with van der Waals surface area (Å²) in [6.07, 6.45) is 1.36. The second-order valence-corrected chi connectivity index (χ2v) is 6.06. The van der Waals surface area contributed by atoms with Crippen LogP contribution < -0.4 is 5.32 Å². The number of nitrogens with one attached hydrogen (secondary N) is 1. The van der Waals surface area contributed by atoms with Crippen LogP contribution in [0, 0.1) is 6.92 Å². The van der Waals surface area contributed by atoms with E-state index < -0.39 is 0 Å². The van der Waals surface area contributed by atoms with E-state index in [-0.39, 0.29) is 12.0 Å². The second-order valence-electron chi connectivity index (χ2n) is 6.06. The van der Waals surface area contributed by atoms with E-state index in [1.165, 1.54) is 0 Å². The fourth-order valence-electron chi connectivity index (χ4n) is 2.89. The molecule has 1 unspecified atom stereocenters. The highest BCUT2D eigenvalue weighted by Crippen LogP contribution is 2.27. The van der Waals surface area contributed by atoms with Crippen molar-refractivity contribution in [2.24, 2.45) is 0 Å². The summed E-state index contributed by atoms with van der Waals surface area (Å²) < 4.78 is 11.3. The minimum Gasteiger partial charge on any atom is -0.436 e. The Morgan fingerprint density at radius 1 is 1.25 bits per heavy atom. The van der Waals surface area contributed by atoms with Gasteiger partial charge in [0, 0.05) is 17.9 Å². The lowest BCUT2D eigenvalue weighted by atomic mass is 10.2. The Morgan fingerprint density at radius 2 is 2.17 bits per heavy atom. The standard InChI is InChI=1S/C19H18N2O3/c1-12-7-8-15-17(10-12)24-19(21-15)13-4-2-5-14(11-13)20-18(22)16-6-3-9-23-16/h2,4-5,7-8,10-11,16H,3,6,9H2,1H3,(H,20,22). The summed E-state index contributed by atoms with van der Waals surface area (Å²) in [5.74, 6) is 0.446. The molecule has 2 aromatic carbocycles. The maximum atomic E-state index is 12.2. The van der Waals surface area contributed by atoms with Crippen LogP contribution in [0.2, 0.25) is 0 Å². The molecule has 4 rings (SSSR count). The molecular formula is C19H18N2O3. The first kappa shape index (κ1) is 14.9. The van der Waals surface area contributed by atoms with Crippen LogP contribution in [-0.2, 0) is 9.53 Å². The second kappa shape index (κ2) is 6.09. The maximum absolute atomic E-state index is 12.2. The van der Waals surface area contributed by atoms with Gasteiger partial charge in [0.2, 0.25) is 5.89 Å². The number of carbonyl (C=O) groups excluding carboxylic acids is 1. The van der Waals surface area contributed by atoms with E-state index in [1.54, 1.807) is 0 Å². The summed E-state index contributed by atoms with van der Waals surface area (Å²) in [5.41, 5.74) is 4.26. The summed E-state index contributed by atoms with van der Waals surface area (Å²) in [5, 5.41) is 2.90. The number of hydrogen-bond acceptors (Lipinski definition) is 4. The number of hydrogen-bond donors (Lipinski definition) is 1. The molecule has 0 spiro atoms. The molecule has 1 N–H and O–H groups in total. The Balaban J connectivity index is 1.60. The molecule has 0 saturated carbocycles. The van der Waals surface area contributed by atoms with Gasteiger partial charge in [-0.25, -0.2) is 4.98 Å². The summed E-state index contributed by atoms with van der Waals surface area (Å²) in [7, 11) is 0. The molecule has 0 bridgehead atoms. The van der Waals surface area contributed by atoms with Crippen molar-refractivity contribution in [1.82, 2.24) is 4.98 Å². The zero-order valence-electron chi connectivity index (χ0n) is 13.4. The average molecular weight is 322 g/mol. The molecule has 1 amide bonds. The Morgan fingerprint density at radius 3 is 3.00 bits per heavy atom. The third kappa shape index (κ3) is 2.90. The number of aryl methyl sites for hydroxylation is 1. The number of aromatic nitrogens is 1. The van der Waals surface area contributed by atoms with Crippen LogP contribution in [0.4, 0.5) is 5.69 Å². The van der Waals surface area contributed by atoms with E-state index >= 15 is 0 Å². The van der Waals surface area contributed by atoms with Crippen molar-refractivity contribution in [3.63, 3.8) is 0 Å². The predicted molar refractivity (Wildman–Crippen MR) is 91.8 cm³/mol. The molecule has 1 saturated heterocycles. The molecule has 1 aliphatic rings. The lowest BCUT2D eigenvalue weighted by molar-refractivity contribution is -0.124. The van der Waals surface area contributed by atoms with Gasteiger partial charge in [0.15, 0.2) is 5.58 Å². The molecule has 1 fully saturated rings. The molecule has 1 atom stereocenters. The summed E-state index contributed by atoms with van der Waals surface area (Å²) in [4.78, 5) is 16.7. The zero-order chi connectivity index (χ0) is 16.5. The Bertz CT molecular complexity index is 895. The third-order valence-corrected chi connectivity index (χ3v) is 4.14. The zero-order valence-corrected chi connectivity index (χ0v) is 13.4. The van der Waals surface area contributed by atoms with Gasteiger partial charge in [-0.3, -0.25) is 4.79 Å². The van der Waals surface area contributed by atoms with Gasteiger partial charge >= 0.3 is 0 Å². The first-order valence-electron chi connectivity index (χ1n) is 8.09. The van der Waals surface area contributed by atoms with Crippen LogP contribution >= 0.6 is 0 Å². The lowest BCUT2D eigenvalue weighted by Gasteiger charge is -2.10. The van der Waals surface area contributed by atoms with E-state index in [1.807, 2.05) is 49.4 Å². The Hall–Kier alpha value is -2.66. The average Bonchev–Trinajstić information content (AvgIpc) is 3.24. The summed E-state index contributed by atoms with van der Waals surface area (Å²) in [6, 6.07) is 13.4. The SMILES string of the molecule is Cc1ccc2nc(-c3cccc(NC(=O)C4CCCO4)c3)oc2c1. The highest BCUT2D eigenvalue weighted by Gasteiger charge is 2.23. The van der Waals surface area contributed by atoms with Crippen LogP contribution in [0.15, 0.2) is 46.9 Å². The van der Waals surface area contributed by atoms with Crippen molar-refractivity contribution >= 4 is 22.7 Å². The minimum atomic E-state index is -0.346. The molecule has 0 aliphatic carbocycles. The van der Waals surface area contributed by atoms with Crippen LogP contribution in [-0.4, -0.2) is 23.6 Å². The fourth-order valence-corrected chi connectivity index (χ4v) is 2.89.